The highest BCUT2D eigenvalue weighted by Crippen LogP contribution is 2.29. The summed E-state index contributed by atoms with van der Waals surface area (Å²) < 4.78 is 10.6. The average Bonchev–Trinajstić information content (AvgIpc) is 2.73. The molecule has 3 rings (SSSR count). The highest BCUT2D eigenvalue weighted by Gasteiger charge is 2.26. The maximum atomic E-state index is 12.8. The van der Waals surface area contributed by atoms with Gasteiger partial charge in [0.05, 0.1) is 25.9 Å². The molecular formula is C21H26ClN3O3. The van der Waals surface area contributed by atoms with Gasteiger partial charge in [-0.25, -0.2) is 0 Å². The van der Waals surface area contributed by atoms with Gasteiger partial charge in [-0.15, -0.1) is 0 Å². The van der Waals surface area contributed by atoms with Crippen LogP contribution in [0.4, 0.5) is 11.4 Å². The van der Waals surface area contributed by atoms with E-state index < -0.39 is 0 Å². The second kappa shape index (κ2) is 9.17. The molecule has 1 aliphatic rings. The second-order valence-corrected chi connectivity index (χ2v) is 7.17. The Hall–Kier alpha value is -2.44. The number of ether oxygens (including phenoxy) is 2. The van der Waals surface area contributed by atoms with Crippen LogP contribution in [0.5, 0.6) is 11.5 Å². The van der Waals surface area contributed by atoms with E-state index in [1.807, 2.05) is 31.2 Å². The minimum atomic E-state index is -0.247. The van der Waals surface area contributed by atoms with Crippen molar-refractivity contribution >= 4 is 28.9 Å². The summed E-state index contributed by atoms with van der Waals surface area (Å²) in [6, 6.07) is 13.0. The van der Waals surface area contributed by atoms with E-state index in [1.165, 1.54) is 0 Å². The lowest BCUT2D eigenvalue weighted by Crippen LogP contribution is -2.52. The van der Waals surface area contributed by atoms with Crippen molar-refractivity contribution in [2.45, 2.75) is 13.0 Å². The molecule has 0 aromatic heterocycles. The van der Waals surface area contributed by atoms with Crippen LogP contribution >= 0.6 is 11.6 Å². The number of hydrogen-bond acceptors (Lipinski definition) is 5. The number of halogens is 1. The molecule has 1 amide bonds. The lowest BCUT2D eigenvalue weighted by molar-refractivity contribution is -0.120. The van der Waals surface area contributed by atoms with Crippen molar-refractivity contribution in [3.63, 3.8) is 0 Å². The maximum absolute atomic E-state index is 12.8. The average molecular weight is 404 g/mol. The Balaban J connectivity index is 1.59. The van der Waals surface area contributed by atoms with Crippen LogP contribution in [0.1, 0.15) is 6.92 Å². The van der Waals surface area contributed by atoms with Crippen LogP contribution in [0.2, 0.25) is 5.02 Å². The fourth-order valence-corrected chi connectivity index (χ4v) is 3.46. The topological polar surface area (TPSA) is 54.0 Å². The van der Waals surface area contributed by atoms with Gasteiger partial charge in [-0.2, -0.15) is 0 Å². The summed E-state index contributed by atoms with van der Waals surface area (Å²) in [7, 11) is 3.17. The molecule has 28 heavy (non-hydrogen) atoms. The van der Waals surface area contributed by atoms with Crippen LogP contribution in [0.3, 0.4) is 0 Å². The maximum Gasteiger partial charge on any atom is 0.241 e. The van der Waals surface area contributed by atoms with Crippen molar-refractivity contribution in [3.8, 4) is 11.5 Å². The molecule has 1 fully saturated rings. The first-order valence-electron chi connectivity index (χ1n) is 9.29. The molecule has 1 aliphatic heterocycles. The summed E-state index contributed by atoms with van der Waals surface area (Å²) in [5.74, 6) is 1.21. The minimum Gasteiger partial charge on any atom is -0.497 e. The molecule has 1 atom stereocenters. The Morgan fingerprint density at radius 1 is 1.04 bits per heavy atom. The standard InChI is InChI=1S/C21H26ClN3O3/c1-15(21(26)23-19-14-18(27-2)8-9-20(19)28-3)24-10-12-25(13-11-24)17-6-4-16(22)5-7-17/h4-9,14-15H,10-13H2,1-3H3,(H,23,26). The molecule has 0 radical (unpaired) electrons. The zero-order valence-electron chi connectivity index (χ0n) is 16.4. The quantitative estimate of drug-likeness (QED) is 0.799. The number of nitrogens with one attached hydrogen (secondary N) is 1. The van der Waals surface area contributed by atoms with E-state index in [0.717, 1.165) is 36.9 Å². The van der Waals surface area contributed by atoms with E-state index in [-0.39, 0.29) is 11.9 Å². The summed E-state index contributed by atoms with van der Waals surface area (Å²) in [5.41, 5.74) is 1.76. The van der Waals surface area contributed by atoms with E-state index in [2.05, 4.69) is 15.1 Å². The zero-order chi connectivity index (χ0) is 20.1. The normalized spacial score (nSPS) is 15.8. The van der Waals surface area contributed by atoms with Gasteiger partial charge in [-0.3, -0.25) is 9.69 Å². The summed E-state index contributed by atoms with van der Waals surface area (Å²) in [4.78, 5) is 17.3. The molecule has 6 nitrogen and oxygen atoms in total. The Morgan fingerprint density at radius 3 is 2.32 bits per heavy atom. The van der Waals surface area contributed by atoms with E-state index in [4.69, 9.17) is 21.1 Å². The summed E-state index contributed by atoms with van der Waals surface area (Å²) in [6.07, 6.45) is 0. The summed E-state index contributed by atoms with van der Waals surface area (Å²) in [6.45, 7) is 5.28. The van der Waals surface area contributed by atoms with E-state index >= 15 is 0 Å². The molecule has 2 aromatic rings. The number of piperazine rings is 1. The van der Waals surface area contributed by atoms with E-state index in [9.17, 15) is 4.79 Å². The monoisotopic (exact) mass is 403 g/mol. The number of methoxy groups -OCH3 is 2. The van der Waals surface area contributed by atoms with Crippen LogP contribution in [0.25, 0.3) is 0 Å². The zero-order valence-corrected chi connectivity index (χ0v) is 17.2. The first-order valence-corrected chi connectivity index (χ1v) is 9.67. The van der Waals surface area contributed by atoms with Gasteiger partial charge in [-0.1, -0.05) is 11.6 Å². The Labute approximate surface area is 171 Å². The lowest BCUT2D eigenvalue weighted by atomic mass is 10.2. The molecular weight excluding hydrogens is 378 g/mol. The molecule has 1 N–H and O–H groups in total. The van der Waals surface area contributed by atoms with Gasteiger partial charge in [-0.05, 0) is 43.3 Å². The third-order valence-electron chi connectivity index (χ3n) is 5.10. The number of carbonyl (C=O) groups excluding carboxylic acids is 1. The van der Waals surface area contributed by atoms with Gasteiger partial charge in [0.2, 0.25) is 5.91 Å². The summed E-state index contributed by atoms with van der Waals surface area (Å²) in [5, 5.41) is 3.71. The number of rotatable bonds is 6. The number of benzene rings is 2. The molecule has 0 bridgehead atoms. The molecule has 150 valence electrons. The Morgan fingerprint density at radius 2 is 1.71 bits per heavy atom. The molecule has 0 spiro atoms. The lowest BCUT2D eigenvalue weighted by Gasteiger charge is -2.38. The molecule has 0 saturated carbocycles. The fraction of sp³-hybridized carbons (Fsp3) is 0.381. The first-order chi connectivity index (χ1) is 13.5. The fourth-order valence-electron chi connectivity index (χ4n) is 3.33. The van der Waals surface area contributed by atoms with Crippen molar-refractivity contribution in [2.75, 3.05) is 50.6 Å². The van der Waals surface area contributed by atoms with Gasteiger partial charge in [0.15, 0.2) is 0 Å². The van der Waals surface area contributed by atoms with E-state index in [0.29, 0.717) is 17.2 Å². The number of hydrogen-bond donors (Lipinski definition) is 1. The highest BCUT2D eigenvalue weighted by molar-refractivity contribution is 6.30. The van der Waals surface area contributed by atoms with E-state index in [1.54, 1.807) is 32.4 Å². The number of carbonyl (C=O) groups is 1. The van der Waals surface area contributed by atoms with Crippen molar-refractivity contribution in [1.29, 1.82) is 0 Å². The van der Waals surface area contributed by atoms with Crippen LogP contribution in [0, 0.1) is 0 Å². The molecule has 7 heteroatoms. The van der Waals surface area contributed by atoms with Crippen molar-refractivity contribution in [1.82, 2.24) is 4.90 Å². The Kier molecular flexibility index (Phi) is 6.65. The van der Waals surface area contributed by atoms with Crippen molar-refractivity contribution in [3.05, 3.63) is 47.5 Å². The molecule has 1 saturated heterocycles. The summed E-state index contributed by atoms with van der Waals surface area (Å²) >= 11 is 5.97. The number of amides is 1. The predicted octanol–water partition coefficient (Wildman–Crippen LogP) is 3.51. The molecule has 1 unspecified atom stereocenters. The first kappa shape index (κ1) is 20.3. The number of anilines is 2. The van der Waals surface area contributed by atoms with Gasteiger partial charge < -0.3 is 19.7 Å². The minimum absolute atomic E-state index is 0.0634. The second-order valence-electron chi connectivity index (χ2n) is 6.73. The van der Waals surface area contributed by atoms with Crippen molar-refractivity contribution in [2.24, 2.45) is 0 Å². The van der Waals surface area contributed by atoms with Crippen LogP contribution in [-0.4, -0.2) is 57.2 Å². The molecule has 0 aliphatic carbocycles. The van der Waals surface area contributed by atoms with Gasteiger partial charge in [0.1, 0.15) is 11.5 Å². The number of nitrogens with zero attached hydrogens (tertiary/aromatic N) is 2. The van der Waals surface area contributed by atoms with Gasteiger partial charge >= 0.3 is 0 Å². The SMILES string of the molecule is COc1ccc(OC)c(NC(=O)C(C)N2CCN(c3ccc(Cl)cc3)CC2)c1. The Bertz CT molecular complexity index is 805. The van der Waals surface area contributed by atoms with Gasteiger partial charge in [0.25, 0.3) is 0 Å². The highest BCUT2D eigenvalue weighted by atomic mass is 35.5. The third kappa shape index (κ3) is 4.69. The largest absolute Gasteiger partial charge is 0.497 e. The smallest absolute Gasteiger partial charge is 0.241 e. The predicted molar refractivity (Wildman–Crippen MR) is 113 cm³/mol. The van der Waals surface area contributed by atoms with Crippen LogP contribution in [-0.2, 0) is 4.79 Å². The molecule has 2 aromatic carbocycles. The third-order valence-corrected chi connectivity index (χ3v) is 5.35. The van der Waals surface area contributed by atoms with Crippen LogP contribution in [0.15, 0.2) is 42.5 Å². The molecule has 1 heterocycles. The van der Waals surface area contributed by atoms with Crippen LogP contribution < -0.4 is 19.7 Å². The van der Waals surface area contributed by atoms with Gasteiger partial charge in [0, 0.05) is 43.0 Å². The van der Waals surface area contributed by atoms with Crippen molar-refractivity contribution < 1.29 is 14.3 Å².